The normalized spacial score (nSPS) is 25.0. The average Bonchev–Trinajstić information content (AvgIpc) is 3.31. The summed E-state index contributed by atoms with van der Waals surface area (Å²) in [5, 5.41) is 0. The number of nitrogens with zero attached hydrogens (tertiary/aromatic N) is 2. The van der Waals surface area contributed by atoms with Crippen molar-refractivity contribution in [1.29, 1.82) is 0 Å². The van der Waals surface area contributed by atoms with E-state index in [1.807, 2.05) is 51.1 Å². The molecular formula is C29H37F3N2O4. The van der Waals surface area contributed by atoms with Crippen LogP contribution < -0.4 is 4.74 Å². The Balaban J connectivity index is 1.79. The third kappa shape index (κ3) is 6.25. The van der Waals surface area contributed by atoms with E-state index in [0.29, 0.717) is 25.1 Å². The van der Waals surface area contributed by atoms with E-state index in [1.165, 1.54) is 13.2 Å². The summed E-state index contributed by atoms with van der Waals surface area (Å²) < 4.78 is 58.5. The van der Waals surface area contributed by atoms with E-state index in [0.717, 1.165) is 37.3 Å². The summed E-state index contributed by atoms with van der Waals surface area (Å²) in [7, 11) is 1.43. The predicted molar refractivity (Wildman–Crippen MR) is 137 cm³/mol. The molecule has 1 amide bonds. The number of hydrogen-bond donors (Lipinski definition) is 0. The molecule has 4 rings (SSSR count). The molecule has 2 aliphatic rings. The minimum atomic E-state index is -4.57. The van der Waals surface area contributed by atoms with E-state index in [2.05, 4.69) is 4.98 Å². The van der Waals surface area contributed by atoms with Crippen molar-refractivity contribution in [3.8, 4) is 5.75 Å². The van der Waals surface area contributed by atoms with Crippen molar-refractivity contribution in [2.24, 2.45) is 0 Å². The lowest BCUT2D eigenvalue weighted by Gasteiger charge is -2.44. The molecular weight excluding hydrogens is 497 g/mol. The highest BCUT2D eigenvalue weighted by Gasteiger charge is 2.52. The molecule has 1 unspecified atom stereocenters. The second kappa shape index (κ2) is 11.1. The number of carbonyl (C=O) groups is 1. The Morgan fingerprint density at radius 1 is 1.05 bits per heavy atom. The molecule has 0 N–H and O–H groups in total. The molecule has 0 bridgehead atoms. The maximum absolute atomic E-state index is 13.6. The van der Waals surface area contributed by atoms with Crippen molar-refractivity contribution in [2.75, 3.05) is 20.3 Å². The van der Waals surface area contributed by atoms with Crippen LogP contribution in [-0.2, 0) is 15.7 Å². The largest absolute Gasteiger partial charge is 0.495 e. The number of halogens is 3. The van der Waals surface area contributed by atoms with Crippen molar-refractivity contribution in [2.45, 2.75) is 88.6 Å². The van der Waals surface area contributed by atoms with Crippen LogP contribution in [0.3, 0.4) is 0 Å². The lowest BCUT2D eigenvalue weighted by molar-refractivity contribution is -0.141. The molecule has 0 saturated carbocycles. The average molecular weight is 535 g/mol. The van der Waals surface area contributed by atoms with Crippen LogP contribution in [0.2, 0.25) is 0 Å². The minimum absolute atomic E-state index is 0.177. The first kappa shape index (κ1) is 28.2. The second-order valence-electron chi connectivity index (χ2n) is 11.2. The van der Waals surface area contributed by atoms with Crippen LogP contribution in [0.25, 0.3) is 0 Å². The number of ether oxygens (including phenoxy) is 3. The van der Waals surface area contributed by atoms with Gasteiger partial charge in [0.05, 0.1) is 31.1 Å². The molecule has 208 valence electrons. The van der Waals surface area contributed by atoms with Crippen LogP contribution >= 0.6 is 0 Å². The highest BCUT2D eigenvalue weighted by atomic mass is 19.4. The van der Waals surface area contributed by atoms with Gasteiger partial charge in [-0.05, 0) is 57.7 Å². The molecule has 2 saturated heterocycles. The van der Waals surface area contributed by atoms with Gasteiger partial charge in [-0.25, -0.2) is 9.78 Å². The Hall–Kier alpha value is -2.81. The van der Waals surface area contributed by atoms with Crippen LogP contribution in [0.5, 0.6) is 5.75 Å². The summed E-state index contributed by atoms with van der Waals surface area (Å²) in [6, 6.07) is 11.5. The van der Waals surface area contributed by atoms with Gasteiger partial charge in [-0.2, -0.15) is 13.2 Å². The Labute approximate surface area is 222 Å². The molecule has 3 heterocycles. The minimum Gasteiger partial charge on any atom is -0.495 e. The van der Waals surface area contributed by atoms with E-state index in [4.69, 9.17) is 14.2 Å². The van der Waals surface area contributed by atoms with Crippen molar-refractivity contribution < 1.29 is 32.2 Å². The molecule has 6 nitrogen and oxygen atoms in total. The lowest BCUT2D eigenvalue weighted by atomic mass is 9.78. The summed E-state index contributed by atoms with van der Waals surface area (Å²) in [5.74, 6) is -0.133. The number of carbonyl (C=O) groups excluding carboxylic acids is 1. The second-order valence-corrected chi connectivity index (χ2v) is 11.2. The maximum atomic E-state index is 13.6. The number of pyridine rings is 1. The number of aromatic nitrogens is 1. The van der Waals surface area contributed by atoms with Gasteiger partial charge in [-0.3, -0.25) is 4.90 Å². The molecule has 1 spiro atoms. The van der Waals surface area contributed by atoms with Gasteiger partial charge in [0.1, 0.15) is 17.0 Å². The first-order valence-corrected chi connectivity index (χ1v) is 13.2. The maximum Gasteiger partial charge on any atom is 0.433 e. The molecule has 2 fully saturated rings. The molecule has 2 aromatic rings. The SMILES string of the molecule is COc1ccc(C(F)(F)F)nc1[C@@H]1COC2(CCCCCCN(C(=O)OC(C)(C)C)[C@H]2c2ccccc2)C1. The van der Waals surface area contributed by atoms with Gasteiger partial charge in [0, 0.05) is 12.5 Å². The summed E-state index contributed by atoms with van der Waals surface area (Å²) in [5.41, 5.74) is -1.33. The summed E-state index contributed by atoms with van der Waals surface area (Å²) in [4.78, 5) is 19.4. The van der Waals surface area contributed by atoms with Crippen molar-refractivity contribution in [3.63, 3.8) is 0 Å². The standard InChI is InChI=1S/C29H37F3N2O4/c1-27(2,3)38-26(35)34-17-11-6-5-10-16-28(25(34)20-12-8-7-9-13-20)18-21(19-37-28)24-22(36-4)14-15-23(33-24)29(30,31)32/h7-9,12-15,21,25H,5-6,10-11,16-19H2,1-4H3/t21-,25-,28?/m0/s1. The zero-order chi connectivity index (χ0) is 27.6. The molecule has 38 heavy (non-hydrogen) atoms. The first-order valence-electron chi connectivity index (χ1n) is 13.2. The molecule has 0 radical (unpaired) electrons. The zero-order valence-electron chi connectivity index (χ0n) is 22.5. The van der Waals surface area contributed by atoms with Crippen LogP contribution in [0, 0.1) is 0 Å². The Bertz CT molecular complexity index is 1100. The first-order chi connectivity index (χ1) is 17.9. The van der Waals surface area contributed by atoms with E-state index in [1.54, 1.807) is 4.90 Å². The molecule has 1 aromatic carbocycles. The quantitative estimate of drug-likeness (QED) is 0.414. The Morgan fingerprint density at radius 2 is 1.76 bits per heavy atom. The summed E-state index contributed by atoms with van der Waals surface area (Å²) in [6.45, 7) is 6.18. The van der Waals surface area contributed by atoms with Crippen molar-refractivity contribution >= 4 is 6.09 Å². The van der Waals surface area contributed by atoms with Gasteiger partial charge in [0.2, 0.25) is 0 Å². The number of methoxy groups -OCH3 is 1. The van der Waals surface area contributed by atoms with Crippen LogP contribution in [0.4, 0.5) is 18.0 Å². The summed E-state index contributed by atoms with van der Waals surface area (Å²) >= 11 is 0. The Kier molecular flexibility index (Phi) is 8.26. The van der Waals surface area contributed by atoms with Gasteiger partial charge in [-0.1, -0.05) is 49.6 Å². The molecule has 1 aromatic heterocycles. The van der Waals surface area contributed by atoms with Gasteiger partial charge in [0.25, 0.3) is 0 Å². The highest BCUT2D eigenvalue weighted by molar-refractivity contribution is 5.69. The van der Waals surface area contributed by atoms with E-state index >= 15 is 0 Å². The van der Waals surface area contributed by atoms with Crippen molar-refractivity contribution in [3.05, 3.63) is 59.4 Å². The fraction of sp³-hybridized carbons (Fsp3) is 0.586. The van der Waals surface area contributed by atoms with Crippen LogP contribution in [0.1, 0.15) is 88.2 Å². The van der Waals surface area contributed by atoms with Crippen molar-refractivity contribution in [1.82, 2.24) is 9.88 Å². The molecule has 0 aliphatic carbocycles. The smallest absolute Gasteiger partial charge is 0.433 e. The number of alkyl halides is 3. The van der Waals surface area contributed by atoms with Gasteiger partial charge in [-0.15, -0.1) is 0 Å². The van der Waals surface area contributed by atoms with Gasteiger partial charge in [0.15, 0.2) is 0 Å². The number of benzene rings is 1. The lowest BCUT2D eigenvalue weighted by Crippen LogP contribution is -2.50. The van der Waals surface area contributed by atoms with Gasteiger partial charge < -0.3 is 14.2 Å². The van der Waals surface area contributed by atoms with Crippen LogP contribution in [-0.4, -0.2) is 47.4 Å². The van der Waals surface area contributed by atoms with Crippen LogP contribution in [0.15, 0.2) is 42.5 Å². The third-order valence-corrected chi connectivity index (χ3v) is 7.25. The molecule has 9 heteroatoms. The third-order valence-electron chi connectivity index (χ3n) is 7.25. The predicted octanol–water partition coefficient (Wildman–Crippen LogP) is 7.29. The Morgan fingerprint density at radius 3 is 2.42 bits per heavy atom. The summed E-state index contributed by atoms with van der Waals surface area (Å²) in [6.07, 6.45) is -0.296. The zero-order valence-corrected chi connectivity index (χ0v) is 22.5. The number of rotatable bonds is 3. The highest BCUT2D eigenvalue weighted by Crippen LogP contribution is 2.51. The molecule has 2 aliphatic heterocycles. The topological polar surface area (TPSA) is 60.9 Å². The fourth-order valence-corrected chi connectivity index (χ4v) is 5.67. The fourth-order valence-electron chi connectivity index (χ4n) is 5.67. The number of amides is 1. The van der Waals surface area contributed by atoms with E-state index in [9.17, 15) is 18.0 Å². The van der Waals surface area contributed by atoms with E-state index in [-0.39, 0.29) is 12.3 Å². The van der Waals surface area contributed by atoms with Gasteiger partial charge >= 0.3 is 12.3 Å². The van der Waals surface area contributed by atoms with E-state index < -0.39 is 41.1 Å². The molecule has 3 atom stereocenters. The monoisotopic (exact) mass is 534 g/mol. The number of hydrogen-bond acceptors (Lipinski definition) is 5.